The summed E-state index contributed by atoms with van der Waals surface area (Å²) in [5.74, 6) is -3.17. The molecule has 0 aliphatic rings. The van der Waals surface area contributed by atoms with Gasteiger partial charge in [-0.1, -0.05) is 6.07 Å². The van der Waals surface area contributed by atoms with E-state index in [1.54, 1.807) is 0 Å². The van der Waals surface area contributed by atoms with Crippen LogP contribution >= 0.6 is 0 Å². The highest BCUT2D eigenvalue weighted by Gasteiger charge is 2.44. The molecule has 4 rings (SSSR count). The molecule has 0 aliphatic carbocycles. The molecule has 11 nitrogen and oxygen atoms in total. The molecule has 2 aromatic carbocycles. The molecule has 0 spiro atoms. The van der Waals surface area contributed by atoms with Crippen molar-refractivity contribution in [3.8, 4) is 6.07 Å². The molecule has 20 heteroatoms. The van der Waals surface area contributed by atoms with Crippen molar-refractivity contribution in [3.63, 3.8) is 0 Å². The van der Waals surface area contributed by atoms with E-state index in [2.05, 4.69) is 20.6 Å². The summed E-state index contributed by atoms with van der Waals surface area (Å²) >= 11 is 0. The van der Waals surface area contributed by atoms with Crippen LogP contribution < -0.4 is 10.6 Å². The summed E-state index contributed by atoms with van der Waals surface area (Å²) in [6.07, 6.45) is -8.11. The summed E-state index contributed by atoms with van der Waals surface area (Å²) in [7, 11) is -8.43. The third kappa shape index (κ3) is 9.38. The molecule has 2 aromatic heterocycles. The van der Waals surface area contributed by atoms with Crippen LogP contribution in [0.3, 0.4) is 0 Å². The van der Waals surface area contributed by atoms with Crippen LogP contribution in [-0.2, 0) is 41.6 Å². The van der Waals surface area contributed by atoms with E-state index >= 15 is 0 Å². The number of sulfone groups is 2. The predicted octanol–water partition coefficient (Wildman–Crippen LogP) is 6.90. The number of hydrogen-bond acceptors (Lipinski definition) is 9. The van der Waals surface area contributed by atoms with Crippen molar-refractivity contribution in [2.24, 2.45) is 0 Å². The quantitative estimate of drug-likeness (QED) is 0.180. The van der Waals surface area contributed by atoms with Crippen LogP contribution in [0.25, 0.3) is 0 Å². The van der Waals surface area contributed by atoms with Gasteiger partial charge in [0.2, 0.25) is 11.8 Å². The van der Waals surface area contributed by atoms with Crippen LogP contribution in [0, 0.1) is 24.1 Å². The summed E-state index contributed by atoms with van der Waals surface area (Å²) in [5, 5.41) is 13.2. The SMILES string of the molecule is CC(C)(C(=O)Nc1ccc(C(F)(F)F)cn1)S(=O)(=O)c1ccc(C#N)cc1.Cc1ccc(S(=O)(=O)C(C)(C)C(=O)Nc2ccc(C(F)(F)F)cn2)cc1F. The van der Waals surface area contributed by atoms with Gasteiger partial charge >= 0.3 is 12.4 Å². The molecule has 288 valence electrons. The lowest BCUT2D eigenvalue weighted by Gasteiger charge is -2.24. The van der Waals surface area contributed by atoms with Crippen molar-refractivity contribution in [2.75, 3.05) is 10.6 Å². The van der Waals surface area contributed by atoms with Crippen LogP contribution in [0.1, 0.15) is 49.9 Å². The Morgan fingerprint density at radius 2 is 1.04 bits per heavy atom. The lowest BCUT2D eigenvalue weighted by atomic mass is 10.2. The van der Waals surface area contributed by atoms with Gasteiger partial charge < -0.3 is 10.6 Å². The first-order chi connectivity index (χ1) is 24.7. The molecule has 2 amide bonds. The lowest BCUT2D eigenvalue weighted by molar-refractivity contribution is -0.138. The number of nitrogens with zero attached hydrogens (tertiary/aromatic N) is 3. The summed E-state index contributed by atoms with van der Waals surface area (Å²) in [4.78, 5) is 31.3. The second kappa shape index (κ2) is 15.5. The number of hydrogen-bond donors (Lipinski definition) is 2. The second-order valence-corrected chi connectivity index (χ2v) is 17.3. The maximum atomic E-state index is 13.7. The Labute approximate surface area is 305 Å². The number of aromatic nitrogens is 2. The van der Waals surface area contributed by atoms with Crippen molar-refractivity contribution in [3.05, 3.63) is 107 Å². The average molecular weight is 802 g/mol. The van der Waals surface area contributed by atoms with E-state index < -0.39 is 70.3 Å². The molecule has 0 aliphatic heterocycles. The smallest absolute Gasteiger partial charge is 0.309 e. The third-order valence-electron chi connectivity index (χ3n) is 7.85. The number of anilines is 2. The zero-order valence-corrected chi connectivity index (χ0v) is 30.4. The van der Waals surface area contributed by atoms with Crippen LogP contribution in [0.4, 0.5) is 42.4 Å². The van der Waals surface area contributed by atoms with Crippen molar-refractivity contribution in [2.45, 2.75) is 66.3 Å². The van der Waals surface area contributed by atoms with Gasteiger partial charge in [0.05, 0.1) is 32.6 Å². The van der Waals surface area contributed by atoms with Gasteiger partial charge in [-0.25, -0.2) is 31.2 Å². The zero-order valence-electron chi connectivity index (χ0n) is 28.8. The number of carbonyl (C=O) groups is 2. The molecule has 0 fully saturated rings. The summed E-state index contributed by atoms with van der Waals surface area (Å²) in [6, 6.07) is 13.4. The number of rotatable bonds is 8. The molecule has 54 heavy (non-hydrogen) atoms. The van der Waals surface area contributed by atoms with Crippen LogP contribution in [0.5, 0.6) is 0 Å². The Morgan fingerprint density at radius 1 is 0.648 bits per heavy atom. The Kier molecular flexibility index (Phi) is 12.3. The van der Waals surface area contributed by atoms with Gasteiger partial charge in [-0.2, -0.15) is 31.6 Å². The van der Waals surface area contributed by atoms with Gasteiger partial charge in [0.1, 0.15) is 26.9 Å². The van der Waals surface area contributed by atoms with Crippen LogP contribution in [-0.4, -0.2) is 48.1 Å². The topological polar surface area (TPSA) is 176 Å². The monoisotopic (exact) mass is 801 g/mol. The standard InChI is InChI=1S/C17H16F4N2O3S.C17H14F3N3O3S/c1-10-4-6-12(8-13(10)18)27(25,26)16(2,3)15(24)23-14-7-5-11(9-22-14)17(19,20)21;1-16(2,27(25,26)13-6-3-11(9-21)4-7-13)15(24)23-14-8-5-12(10-22-14)17(18,19)20/h4-9H,1-3H3,(H,22,23,24);3-8,10H,1-2H3,(H,22,23,24). The first-order valence-corrected chi connectivity index (χ1v) is 18.1. The van der Waals surface area contributed by atoms with Crippen molar-refractivity contribution >= 4 is 43.1 Å². The fraction of sp³-hybridized carbons (Fsp3) is 0.265. The number of benzene rings is 2. The van der Waals surface area contributed by atoms with Crippen molar-refractivity contribution in [1.82, 2.24) is 9.97 Å². The highest BCUT2D eigenvalue weighted by atomic mass is 32.2. The number of amides is 2. The van der Waals surface area contributed by atoms with Gasteiger partial charge in [-0.05, 0) is 101 Å². The van der Waals surface area contributed by atoms with E-state index in [4.69, 9.17) is 5.26 Å². The van der Waals surface area contributed by atoms with Gasteiger partial charge in [0, 0.05) is 12.4 Å². The van der Waals surface area contributed by atoms with Gasteiger partial charge in [0.15, 0.2) is 19.7 Å². The lowest BCUT2D eigenvalue weighted by Crippen LogP contribution is -2.44. The number of carbonyl (C=O) groups excluding carboxylic acids is 2. The minimum Gasteiger partial charge on any atom is -0.309 e. The molecule has 0 atom stereocenters. The normalized spacial score (nSPS) is 12.5. The minimum absolute atomic E-state index is 0.165. The molecule has 0 radical (unpaired) electrons. The Morgan fingerprint density at radius 3 is 1.37 bits per heavy atom. The first kappa shape index (κ1) is 43.0. The summed E-state index contributed by atoms with van der Waals surface area (Å²) in [6.45, 7) is 6.01. The molecule has 2 N–H and O–H groups in total. The first-order valence-electron chi connectivity index (χ1n) is 15.1. The maximum Gasteiger partial charge on any atom is 0.417 e. The number of nitriles is 1. The Balaban J connectivity index is 0.000000290. The highest BCUT2D eigenvalue weighted by molar-refractivity contribution is 7.94. The average Bonchev–Trinajstić information content (AvgIpc) is 3.09. The van der Waals surface area contributed by atoms with Crippen molar-refractivity contribution < 1.29 is 57.2 Å². The van der Waals surface area contributed by atoms with Gasteiger partial charge in [0.25, 0.3) is 0 Å². The predicted molar refractivity (Wildman–Crippen MR) is 181 cm³/mol. The van der Waals surface area contributed by atoms with Crippen LogP contribution in [0.2, 0.25) is 0 Å². The molecule has 0 unspecified atom stereocenters. The minimum atomic E-state index is -4.59. The van der Waals surface area contributed by atoms with E-state index in [0.717, 1.165) is 38.1 Å². The second-order valence-electron chi connectivity index (χ2n) is 12.3. The number of alkyl halides is 6. The van der Waals surface area contributed by atoms with E-state index in [1.165, 1.54) is 57.2 Å². The molecule has 0 saturated heterocycles. The summed E-state index contributed by atoms with van der Waals surface area (Å²) in [5.41, 5.74) is -1.51. The molecular formula is C34H30F7N5O6S2. The van der Waals surface area contributed by atoms with E-state index in [0.29, 0.717) is 18.5 Å². The molecule has 4 aromatic rings. The zero-order chi connectivity index (χ0) is 41.1. The third-order valence-corrected chi connectivity index (χ3v) is 12.7. The molecule has 0 bridgehead atoms. The molecule has 2 heterocycles. The summed E-state index contributed by atoms with van der Waals surface area (Å²) < 4.78 is 136. The fourth-order valence-electron chi connectivity index (χ4n) is 4.09. The van der Waals surface area contributed by atoms with Crippen molar-refractivity contribution in [1.29, 1.82) is 5.26 Å². The maximum absolute atomic E-state index is 13.7. The van der Waals surface area contributed by atoms with Crippen LogP contribution in [0.15, 0.2) is 88.9 Å². The molecular weight excluding hydrogens is 772 g/mol. The van der Waals surface area contributed by atoms with E-state index in [9.17, 15) is 57.2 Å². The number of pyridine rings is 2. The number of aryl methyl sites for hydroxylation is 1. The Hall–Kier alpha value is -5.42. The van der Waals surface area contributed by atoms with Gasteiger partial charge in [-0.15, -0.1) is 0 Å². The van der Waals surface area contributed by atoms with Gasteiger partial charge in [-0.3, -0.25) is 9.59 Å². The van der Waals surface area contributed by atoms with E-state index in [1.807, 2.05) is 6.07 Å². The van der Waals surface area contributed by atoms with E-state index in [-0.39, 0.29) is 32.6 Å². The fourth-order valence-corrected chi connectivity index (χ4v) is 6.86. The molecule has 0 saturated carbocycles. The largest absolute Gasteiger partial charge is 0.417 e. The number of halogens is 7. The Bertz CT molecular complexity index is 2290. The highest BCUT2D eigenvalue weighted by Crippen LogP contribution is 2.32. The number of nitrogens with one attached hydrogen (secondary N) is 2.